The minimum Gasteiger partial charge on any atom is -0.493 e. The second kappa shape index (κ2) is 5.05. The summed E-state index contributed by atoms with van der Waals surface area (Å²) >= 11 is 0. The number of aromatic amines is 1. The third-order valence-corrected chi connectivity index (χ3v) is 3.35. The summed E-state index contributed by atoms with van der Waals surface area (Å²) in [5.74, 6) is -0.476. The van der Waals surface area contributed by atoms with Crippen molar-refractivity contribution in [3.63, 3.8) is 0 Å². The van der Waals surface area contributed by atoms with Crippen molar-refractivity contribution in [3.05, 3.63) is 46.3 Å². The second-order valence-electron chi connectivity index (χ2n) is 4.72. The van der Waals surface area contributed by atoms with Gasteiger partial charge in [-0.3, -0.25) is 4.79 Å². The van der Waals surface area contributed by atoms with Crippen LogP contribution in [0.4, 0.5) is 4.39 Å². The first-order chi connectivity index (χ1) is 9.65. The number of aromatic hydroxyl groups is 1. The number of hydrogen-bond acceptors (Lipinski definition) is 4. The molecule has 0 radical (unpaired) electrons. The molecule has 1 atom stereocenters. The molecule has 1 aromatic heterocycles. The fourth-order valence-corrected chi connectivity index (χ4v) is 2.33. The normalized spacial score (nSPS) is 18.4. The Bertz CT molecular complexity index is 693. The van der Waals surface area contributed by atoms with Crippen molar-refractivity contribution in [3.8, 4) is 17.0 Å². The Morgan fingerprint density at radius 2 is 2.30 bits per heavy atom. The fraction of sp³-hybridized carbons (Fsp3) is 0.286. The van der Waals surface area contributed by atoms with Crippen LogP contribution >= 0.6 is 0 Å². The van der Waals surface area contributed by atoms with E-state index in [2.05, 4.69) is 9.97 Å². The van der Waals surface area contributed by atoms with E-state index in [0.717, 1.165) is 6.42 Å². The molecule has 0 bridgehead atoms. The number of benzene rings is 1. The van der Waals surface area contributed by atoms with E-state index in [1.54, 1.807) is 6.07 Å². The number of rotatable bonds is 2. The van der Waals surface area contributed by atoms with Gasteiger partial charge in [0, 0.05) is 12.5 Å². The zero-order valence-corrected chi connectivity index (χ0v) is 10.6. The van der Waals surface area contributed by atoms with E-state index in [0.29, 0.717) is 24.6 Å². The second-order valence-corrected chi connectivity index (χ2v) is 4.72. The third kappa shape index (κ3) is 2.30. The summed E-state index contributed by atoms with van der Waals surface area (Å²) in [6.07, 6.45) is 0.752. The van der Waals surface area contributed by atoms with Gasteiger partial charge >= 0.3 is 0 Å². The average molecular weight is 276 g/mol. The zero-order chi connectivity index (χ0) is 14.1. The Labute approximate surface area is 114 Å². The van der Waals surface area contributed by atoms with Crippen LogP contribution in [0.15, 0.2) is 29.1 Å². The Morgan fingerprint density at radius 3 is 2.95 bits per heavy atom. The molecule has 2 N–H and O–H groups in total. The summed E-state index contributed by atoms with van der Waals surface area (Å²) in [5, 5.41) is 9.98. The molecule has 2 aromatic rings. The predicted molar refractivity (Wildman–Crippen MR) is 70.1 cm³/mol. The number of nitrogens with zero attached hydrogens (tertiary/aromatic N) is 1. The number of nitrogens with one attached hydrogen (secondary N) is 1. The first kappa shape index (κ1) is 12.8. The number of aromatic nitrogens is 2. The predicted octanol–water partition coefficient (Wildman–Crippen LogP) is 1.79. The first-order valence-corrected chi connectivity index (χ1v) is 6.32. The SMILES string of the molecule is O=c1[nH]c(C2CCOC2)nc(O)c1-c1cccc(F)c1. The molecule has 1 aliphatic heterocycles. The molecule has 0 saturated carbocycles. The van der Waals surface area contributed by atoms with Gasteiger partial charge < -0.3 is 14.8 Å². The maximum absolute atomic E-state index is 13.2. The Balaban J connectivity index is 2.07. The molecule has 6 heteroatoms. The lowest BCUT2D eigenvalue weighted by molar-refractivity contribution is 0.193. The Kier molecular flexibility index (Phi) is 3.23. The average Bonchev–Trinajstić information content (AvgIpc) is 2.91. The number of ether oxygens (including phenoxy) is 1. The molecule has 104 valence electrons. The van der Waals surface area contributed by atoms with Crippen LogP contribution in [0.1, 0.15) is 18.2 Å². The molecule has 1 unspecified atom stereocenters. The molecule has 0 spiro atoms. The highest BCUT2D eigenvalue weighted by atomic mass is 19.1. The Hall–Kier alpha value is -2.21. The Morgan fingerprint density at radius 1 is 1.45 bits per heavy atom. The molecule has 1 fully saturated rings. The molecule has 3 rings (SSSR count). The standard InChI is InChI=1S/C14H13FN2O3/c15-10-3-1-2-8(6-10)11-13(18)16-12(17-14(11)19)9-4-5-20-7-9/h1-3,6,9H,4-5,7H2,(H2,16,17,18,19). The smallest absolute Gasteiger partial charge is 0.262 e. The third-order valence-electron chi connectivity index (χ3n) is 3.35. The van der Waals surface area contributed by atoms with Crippen LogP contribution in [0.5, 0.6) is 5.88 Å². The largest absolute Gasteiger partial charge is 0.493 e. The summed E-state index contributed by atoms with van der Waals surface area (Å²) in [7, 11) is 0. The maximum atomic E-state index is 13.2. The molecule has 2 heterocycles. The van der Waals surface area contributed by atoms with Crippen LogP contribution in [0, 0.1) is 5.82 Å². The van der Waals surface area contributed by atoms with Crippen LogP contribution in [-0.4, -0.2) is 28.3 Å². The summed E-state index contributed by atoms with van der Waals surface area (Å²) in [5.41, 5.74) is -0.206. The van der Waals surface area contributed by atoms with Gasteiger partial charge in [0.25, 0.3) is 5.56 Å². The monoisotopic (exact) mass is 276 g/mol. The van der Waals surface area contributed by atoms with Gasteiger partial charge in [0.15, 0.2) is 0 Å². The van der Waals surface area contributed by atoms with Gasteiger partial charge in [0.2, 0.25) is 5.88 Å². The van der Waals surface area contributed by atoms with E-state index in [-0.39, 0.29) is 17.4 Å². The van der Waals surface area contributed by atoms with Gasteiger partial charge in [0.05, 0.1) is 6.61 Å². The molecular formula is C14H13FN2O3. The van der Waals surface area contributed by atoms with E-state index >= 15 is 0 Å². The van der Waals surface area contributed by atoms with Gasteiger partial charge in [-0.1, -0.05) is 12.1 Å². The fourth-order valence-electron chi connectivity index (χ4n) is 2.33. The van der Waals surface area contributed by atoms with Crippen molar-refractivity contribution in [2.75, 3.05) is 13.2 Å². The quantitative estimate of drug-likeness (QED) is 0.876. The van der Waals surface area contributed by atoms with E-state index in [1.165, 1.54) is 18.2 Å². The first-order valence-electron chi connectivity index (χ1n) is 6.32. The summed E-state index contributed by atoms with van der Waals surface area (Å²) in [6.45, 7) is 1.09. The zero-order valence-electron chi connectivity index (χ0n) is 10.6. The molecule has 20 heavy (non-hydrogen) atoms. The van der Waals surface area contributed by atoms with Crippen molar-refractivity contribution in [2.24, 2.45) is 0 Å². The van der Waals surface area contributed by atoms with Crippen LogP contribution in [0.25, 0.3) is 11.1 Å². The number of halogens is 1. The minimum absolute atomic E-state index is 0.0184. The van der Waals surface area contributed by atoms with E-state index in [1.807, 2.05) is 0 Å². The van der Waals surface area contributed by atoms with E-state index in [4.69, 9.17) is 4.74 Å². The maximum Gasteiger partial charge on any atom is 0.262 e. The van der Waals surface area contributed by atoms with E-state index < -0.39 is 11.4 Å². The number of hydrogen-bond donors (Lipinski definition) is 2. The molecule has 0 aliphatic carbocycles. The molecule has 1 aliphatic rings. The summed E-state index contributed by atoms with van der Waals surface area (Å²) in [6, 6.07) is 5.48. The molecule has 0 amide bonds. The highest BCUT2D eigenvalue weighted by molar-refractivity contribution is 5.67. The lowest BCUT2D eigenvalue weighted by Gasteiger charge is -2.09. The van der Waals surface area contributed by atoms with Crippen molar-refractivity contribution < 1.29 is 14.2 Å². The molecular weight excluding hydrogens is 263 g/mol. The lowest BCUT2D eigenvalue weighted by Crippen LogP contribution is -2.16. The number of H-pyrrole nitrogens is 1. The van der Waals surface area contributed by atoms with Crippen molar-refractivity contribution in [1.29, 1.82) is 0 Å². The van der Waals surface area contributed by atoms with Crippen molar-refractivity contribution in [1.82, 2.24) is 9.97 Å². The van der Waals surface area contributed by atoms with Gasteiger partial charge in [-0.25, -0.2) is 4.39 Å². The molecule has 1 saturated heterocycles. The molecule has 5 nitrogen and oxygen atoms in total. The highest BCUT2D eigenvalue weighted by Gasteiger charge is 2.22. The van der Waals surface area contributed by atoms with Gasteiger partial charge in [-0.05, 0) is 24.1 Å². The van der Waals surface area contributed by atoms with Gasteiger partial charge in [-0.15, -0.1) is 0 Å². The minimum atomic E-state index is -0.481. The van der Waals surface area contributed by atoms with Crippen LogP contribution in [-0.2, 0) is 4.74 Å². The summed E-state index contributed by atoms with van der Waals surface area (Å²) < 4.78 is 18.4. The van der Waals surface area contributed by atoms with Crippen molar-refractivity contribution >= 4 is 0 Å². The van der Waals surface area contributed by atoms with Gasteiger partial charge in [-0.2, -0.15) is 4.98 Å². The van der Waals surface area contributed by atoms with Crippen LogP contribution in [0.2, 0.25) is 0 Å². The van der Waals surface area contributed by atoms with Crippen LogP contribution in [0.3, 0.4) is 0 Å². The summed E-state index contributed by atoms with van der Waals surface area (Å²) in [4.78, 5) is 18.8. The van der Waals surface area contributed by atoms with Crippen molar-refractivity contribution in [2.45, 2.75) is 12.3 Å². The highest BCUT2D eigenvalue weighted by Crippen LogP contribution is 2.27. The van der Waals surface area contributed by atoms with E-state index in [9.17, 15) is 14.3 Å². The van der Waals surface area contributed by atoms with Gasteiger partial charge in [0.1, 0.15) is 17.2 Å². The van der Waals surface area contributed by atoms with Crippen LogP contribution < -0.4 is 5.56 Å². The lowest BCUT2D eigenvalue weighted by atomic mass is 10.1. The topological polar surface area (TPSA) is 75.2 Å². The molecule has 1 aromatic carbocycles.